The van der Waals surface area contributed by atoms with Gasteiger partial charge in [-0.25, -0.2) is 0 Å². The van der Waals surface area contributed by atoms with Crippen LogP contribution < -0.4 is 11.1 Å². The number of carbonyl (C=O) groups is 1. The minimum Gasteiger partial charge on any atom is -0.388 e. The van der Waals surface area contributed by atoms with Crippen LogP contribution in [0, 0.1) is 5.92 Å². The Morgan fingerprint density at radius 3 is 2.50 bits per heavy atom. The SMILES string of the molecule is CC(CN)CCC(=O)NCC1(O)CCCCCC1. The normalized spacial score (nSPS) is 21.1. The molecule has 1 fully saturated rings. The molecule has 0 saturated heterocycles. The van der Waals surface area contributed by atoms with Gasteiger partial charge in [0.25, 0.3) is 0 Å². The standard InChI is InChI=1S/C14H28N2O2/c1-12(10-15)6-7-13(17)16-11-14(18)8-4-2-3-5-9-14/h12,18H,2-11,15H2,1H3,(H,16,17). The molecule has 0 aromatic rings. The molecule has 1 unspecified atom stereocenters. The Bertz CT molecular complexity index is 248. The second kappa shape index (κ2) is 7.74. The van der Waals surface area contributed by atoms with Crippen molar-refractivity contribution in [3.05, 3.63) is 0 Å². The van der Waals surface area contributed by atoms with Crippen LogP contribution in [0.1, 0.15) is 58.3 Å². The van der Waals surface area contributed by atoms with Gasteiger partial charge >= 0.3 is 0 Å². The van der Waals surface area contributed by atoms with Crippen LogP contribution in [0.15, 0.2) is 0 Å². The minimum absolute atomic E-state index is 0.0352. The molecule has 0 aromatic carbocycles. The van der Waals surface area contributed by atoms with Crippen LogP contribution >= 0.6 is 0 Å². The molecule has 0 bridgehead atoms. The van der Waals surface area contributed by atoms with Crippen molar-refractivity contribution in [3.8, 4) is 0 Å². The first-order valence-electron chi connectivity index (χ1n) is 7.25. The number of carbonyl (C=O) groups excluding carboxylic acids is 1. The fraction of sp³-hybridized carbons (Fsp3) is 0.929. The lowest BCUT2D eigenvalue weighted by Crippen LogP contribution is -2.42. The molecule has 1 aliphatic carbocycles. The van der Waals surface area contributed by atoms with E-state index in [4.69, 9.17) is 5.73 Å². The maximum absolute atomic E-state index is 11.7. The van der Waals surface area contributed by atoms with Crippen molar-refractivity contribution >= 4 is 5.91 Å². The summed E-state index contributed by atoms with van der Waals surface area (Å²) >= 11 is 0. The van der Waals surface area contributed by atoms with Crippen molar-refractivity contribution in [2.45, 2.75) is 63.9 Å². The van der Waals surface area contributed by atoms with Gasteiger partial charge in [0.1, 0.15) is 0 Å². The number of amides is 1. The van der Waals surface area contributed by atoms with Gasteiger partial charge in [-0.2, -0.15) is 0 Å². The number of nitrogens with two attached hydrogens (primary N) is 1. The second-order valence-corrected chi connectivity index (χ2v) is 5.79. The summed E-state index contributed by atoms with van der Waals surface area (Å²) in [4.78, 5) is 11.7. The van der Waals surface area contributed by atoms with Gasteiger partial charge in [0, 0.05) is 13.0 Å². The Labute approximate surface area is 110 Å². The number of aliphatic hydroxyl groups is 1. The van der Waals surface area contributed by atoms with E-state index < -0.39 is 5.60 Å². The van der Waals surface area contributed by atoms with Crippen LogP contribution in [-0.4, -0.2) is 29.7 Å². The molecular formula is C14H28N2O2. The molecular weight excluding hydrogens is 228 g/mol. The summed E-state index contributed by atoms with van der Waals surface area (Å²) in [6.07, 6.45) is 7.48. The third-order valence-corrected chi connectivity index (χ3v) is 3.92. The zero-order chi connectivity index (χ0) is 13.4. The highest BCUT2D eigenvalue weighted by atomic mass is 16.3. The molecule has 1 atom stereocenters. The van der Waals surface area contributed by atoms with E-state index in [1.54, 1.807) is 0 Å². The van der Waals surface area contributed by atoms with E-state index in [0.717, 1.165) is 32.1 Å². The number of nitrogens with one attached hydrogen (secondary N) is 1. The first kappa shape index (κ1) is 15.4. The van der Waals surface area contributed by atoms with Gasteiger partial charge in [0.05, 0.1) is 5.60 Å². The third-order valence-electron chi connectivity index (χ3n) is 3.92. The largest absolute Gasteiger partial charge is 0.388 e. The van der Waals surface area contributed by atoms with Crippen molar-refractivity contribution in [1.29, 1.82) is 0 Å². The molecule has 1 amide bonds. The zero-order valence-electron chi connectivity index (χ0n) is 11.6. The highest BCUT2D eigenvalue weighted by Crippen LogP contribution is 2.26. The molecule has 1 rings (SSSR count). The summed E-state index contributed by atoms with van der Waals surface area (Å²) in [6.45, 7) is 3.08. The molecule has 0 radical (unpaired) electrons. The molecule has 4 N–H and O–H groups in total. The summed E-state index contributed by atoms with van der Waals surface area (Å²) in [5.74, 6) is 0.421. The Hall–Kier alpha value is -0.610. The molecule has 0 aromatic heterocycles. The van der Waals surface area contributed by atoms with Crippen molar-refractivity contribution in [2.24, 2.45) is 11.7 Å². The predicted molar refractivity (Wildman–Crippen MR) is 73.1 cm³/mol. The molecule has 4 heteroatoms. The van der Waals surface area contributed by atoms with Crippen LogP contribution in [-0.2, 0) is 4.79 Å². The molecule has 1 aliphatic rings. The minimum atomic E-state index is -0.675. The Morgan fingerprint density at radius 1 is 1.33 bits per heavy atom. The maximum Gasteiger partial charge on any atom is 0.220 e. The predicted octanol–water partition coefficient (Wildman–Crippen LogP) is 1.56. The maximum atomic E-state index is 11.7. The number of hydrogen-bond acceptors (Lipinski definition) is 3. The van der Waals surface area contributed by atoms with Crippen LogP contribution in [0.2, 0.25) is 0 Å². The van der Waals surface area contributed by atoms with E-state index in [-0.39, 0.29) is 5.91 Å². The first-order valence-corrected chi connectivity index (χ1v) is 7.25. The quantitative estimate of drug-likeness (QED) is 0.631. The molecule has 0 heterocycles. The van der Waals surface area contributed by atoms with E-state index >= 15 is 0 Å². The summed E-state index contributed by atoms with van der Waals surface area (Å²) in [6, 6.07) is 0. The summed E-state index contributed by atoms with van der Waals surface area (Å²) < 4.78 is 0. The molecule has 4 nitrogen and oxygen atoms in total. The molecule has 106 valence electrons. The van der Waals surface area contributed by atoms with Crippen LogP contribution in [0.5, 0.6) is 0 Å². The smallest absolute Gasteiger partial charge is 0.220 e. The highest BCUT2D eigenvalue weighted by molar-refractivity contribution is 5.75. The Kier molecular flexibility index (Phi) is 6.65. The van der Waals surface area contributed by atoms with E-state index in [2.05, 4.69) is 5.32 Å². The van der Waals surface area contributed by atoms with Crippen LogP contribution in [0.4, 0.5) is 0 Å². The molecule has 0 spiro atoms. The average molecular weight is 256 g/mol. The van der Waals surface area contributed by atoms with E-state index in [9.17, 15) is 9.90 Å². The fourth-order valence-electron chi connectivity index (χ4n) is 2.41. The summed E-state index contributed by atoms with van der Waals surface area (Å²) in [7, 11) is 0. The van der Waals surface area contributed by atoms with Crippen LogP contribution in [0.25, 0.3) is 0 Å². The topological polar surface area (TPSA) is 75.4 Å². The van der Waals surface area contributed by atoms with Crippen molar-refractivity contribution in [3.63, 3.8) is 0 Å². The van der Waals surface area contributed by atoms with Gasteiger partial charge in [-0.1, -0.05) is 32.6 Å². The first-order chi connectivity index (χ1) is 8.56. The van der Waals surface area contributed by atoms with Gasteiger partial charge in [-0.05, 0) is 31.7 Å². The Balaban J connectivity index is 2.23. The van der Waals surface area contributed by atoms with Gasteiger partial charge < -0.3 is 16.2 Å². The van der Waals surface area contributed by atoms with Gasteiger partial charge in [0.2, 0.25) is 5.91 Å². The van der Waals surface area contributed by atoms with Crippen molar-refractivity contribution in [2.75, 3.05) is 13.1 Å². The number of rotatable bonds is 6. The third kappa shape index (κ3) is 5.83. The number of hydrogen-bond donors (Lipinski definition) is 3. The lowest BCUT2D eigenvalue weighted by molar-refractivity contribution is -0.122. The summed E-state index contributed by atoms with van der Waals surface area (Å²) in [5, 5.41) is 13.3. The molecule has 18 heavy (non-hydrogen) atoms. The fourth-order valence-corrected chi connectivity index (χ4v) is 2.41. The molecule has 0 aliphatic heterocycles. The van der Waals surface area contributed by atoms with E-state index in [1.807, 2.05) is 6.92 Å². The lowest BCUT2D eigenvalue weighted by Gasteiger charge is -2.26. The highest BCUT2D eigenvalue weighted by Gasteiger charge is 2.28. The van der Waals surface area contributed by atoms with Gasteiger partial charge in [-0.3, -0.25) is 4.79 Å². The van der Waals surface area contributed by atoms with Gasteiger partial charge in [0.15, 0.2) is 0 Å². The zero-order valence-corrected chi connectivity index (χ0v) is 11.6. The lowest BCUT2D eigenvalue weighted by atomic mass is 9.94. The molecule has 1 saturated carbocycles. The van der Waals surface area contributed by atoms with E-state index in [0.29, 0.717) is 25.4 Å². The average Bonchev–Trinajstić information content (AvgIpc) is 2.59. The van der Waals surface area contributed by atoms with Crippen molar-refractivity contribution in [1.82, 2.24) is 5.32 Å². The Morgan fingerprint density at radius 2 is 1.94 bits per heavy atom. The van der Waals surface area contributed by atoms with E-state index in [1.165, 1.54) is 12.8 Å². The van der Waals surface area contributed by atoms with Crippen molar-refractivity contribution < 1.29 is 9.90 Å². The van der Waals surface area contributed by atoms with Gasteiger partial charge in [-0.15, -0.1) is 0 Å². The second-order valence-electron chi connectivity index (χ2n) is 5.79. The van der Waals surface area contributed by atoms with Crippen LogP contribution in [0.3, 0.4) is 0 Å². The summed E-state index contributed by atoms with van der Waals surface area (Å²) in [5.41, 5.74) is 4.84. The monoisotopic (exact) mass is 256 g/mol.